The Morgan fingerprint density at radius 2 is 1.85 bits per heavy atom. The van der Waals surface area contributed by atoms with E-state index in [2.05, 4.69) is 4.74 Å². The van der Waals surface area contributed by atoms with Crippen LogP contribution in [0.5, 0.6) is 0 Å². The lowest BCUT2D eigenvalue weighted by Crippen LogP contribution is -2.43. The van der Waals surface area contributed by atoms with E-state index < -0.39 is 28.0 Å². The topological polar surface area (TPSA) is 133 Å². The number of hydrogen-bond donors (Lipinski definition) is 1. The number of esters is 1. The summed E-state index contributed by atoms with van der Waals surface area (Å²) in [5, 5.41) is 31.3. The van der Waals surface area contributed by atoms with Crippen molar-refractivity contribution in [2.75, 3.05) is 13.2 Å². The highest BCUT2D eigenvalue weighted by Crippen LogP contribution is 2.25. The van der Waals surface area contributed by atoms with Crippen molar-refractivity contribution in [1.29, 1.82) is 0 Å². The maximum absolute atomic E-state index is 11.7. The van der Waals surface area contributed by atoms with E-state index in [4.69, 9.17) is 0 Å². The zero-order valence-corrected chi connectivity index (χ0v) is 10.5. The van der Waals surface area contributed by atoms with E-state index in [-0.39, 0.29) is 17.9 Å². The van der Waals surface area contributed by atoms with E-state index in [0.29, 0.717) is 0 Å². The monoisotopic (exact) mass is 284 g/mol. The normalized spacial score (nSPS) is 13.3. The lowest BCUT2D eigenvalue weighted by atomic mass is 9.93. The molecule has 0 heterocycles. The number of nitro groups is 2. The summed E-state index contributed by atoms with van der Waals surface area (Å²) in [6, 6.07) is 4.25. The van der Waals surface area contributed by atoms with Gasteiger partial charge in [0.2, 0.25) is 6.54 Å². The van der Waals surface area contributed by atoms with Crippen molar-refractivity contribution in [1.82, 2.24) is 0 Å². The predicted octanol–water partition coefficient (Wildman–Crippen LogP) is 0.622. The van der Waals surface area contributed by atoms with Gasteiger partial charge < -0.3 is 9.84 Å². The first-order chi connectivity index (χ1) is 9.31. The molecule has 1 atom stereocenters. The second-order valence-electron chi connectivity index (χ2n) is 3.88. The zero-order valence-electron chi connectivity index (χ0n) is 10.5. The minimum atomic E-state index is -2.48. The third kappa shape index (κ3) is 3.26. The maximum Gasteiger partial charge on any atom is 0.349 e. The summed E-state index contributed by atoms with van der Waals surface area (Å²) in [5.41, 5.74) is -2.88. The average molecular weight is 284 g/mol. The molecule has 20 heavy (non-hydrogen) atoms. The Morgan fingerprint density at radius 1 is 1.30 bits per heavy atom. The Kier molecular flexibility index (Phi) is 4.70. The summed E-state index contributed by atoms with van der Waals surface area (Å²) in [6.45, 7) is 0.329. The molecule has 108 valence electrons. The molecule has 0 aliphatic carbocycles. The molecule has 1 aromatic carbocycles. The molecule has 0 fully saturated rings. The van der Waals surface area contributed by atoms with Crippen molar-refractivity contribution in [3.63, 3.8) is 0 Å². The third-order valence-corrected chi connectivity index (χ3v) is 2.53. The van der Waals surface area contributed by atoms with E-state index in [1.165, 1.54) is 6.92 Å². The standard InChI is InChI=1S/C11H12N2O7/c1-2-20-10(14)11(15,7-12(16)17)8-3-5-9(6-4-8)13(18)19/h3-6,15H,2,7H2,1H3. The average Bonchev–Trinajstić information content (AvgIpc) is 2.38. The first kappa shape index (κ1) is 15.5. The molecule has 0 spiro atoms. The summed E-state index contributed by atoms with van der Waals surface area (Å²) in [4.78, 5) is 31.3. The van der Waals surface area contributed by atoms with Gasteiger partial charge in [0, 0.05) is 22.6 Å². The first-order valence-corrected chi connectivity index (χ1v) is 5.57. The van der Waals surface area contributed by atoms with Gasteiger partial charge in [-0.15, -0.1) is 0 Å². The van der Waals surface area contributed by atoms with Gasteiger partial charge in [-0.25, -0.2) is 4.79 Å². The van der Waals surface area contributed by atoms with Crippen LogP contribution in [0.1, 0.15) is 12.5 Å². The number of ether oxygens (including phenoxy) is 1. The molecular formula is C11H12N2O7. The Labute approximate surface area is 113 Å². The molecule has 0 aliphatic rings. The van der Waals surface area contributed by atoms with Crippen molar-refractivity contribution < 1.29 is 24.5 Å². The minimum Gasteiger partial charge on any atom is -0.463 e. The van der Waals surface area contributed by atoms with Gasteiger partial charge in [0.25, 0.3) is 11.3 Å². The van der Waals surface area contributed by atoms with Crippen LogP contribution in [0.2, 0.25) is 0 Å². The second kappa shape index (κ2) is 6.06. The number of hydrogen-bond acceptors (Lipinski definition) is 7. The van der Waals surface area contributed by atoms with Gasteiger partial charge in [0.05, 0.1) is 11.5 Å². The van der Waals surface area contributed by atoms with Crippen molar-refractivity contribution in [2.45, 2.75) is 12.5 Å². The maximum atomic E-state index is 11.7. The van der Waals surface area contributed by atoms with E-state index in [1.54, 1.807) is 0 Å². The number of nitrogens with zero attached hydrogens (tertiary/aromatic N) is 2. The molecule has 0 saturated heterocycles. The summed E-state index contributed by atoms with van der Waals surface area (Å²) in [5.74, 6) is -1.18. The number of aliphatic hydroxyl groups is 1. The van der Waals surface area contributed by atoms with Gasteiger partial charge in [-0.05, 0) is 19.1 Å². The van der Waals surface area contributed by atoms with Gasteiger partial charge in [-0.2, -0.15) is 0 Å². The van der Waals surface area contributed by atoms with Gasteiger partial charge >= 0.3 is 5.97 Å². The fourth-order valence-corrected chi connectivity index (χ4v) is 1.57. The van der Waals surface area contributed by atoms with E-state index in [9.17, 15) is 30.1 Å². The van der Waals surface area contributed by atoms with E-state index >= 15 is 0 Å². The van der Waals surface area contributed by atoms with Crippen molar-refractivity contribution >= 4 is 11.7 Å². The molecule has 9 heteroatoms. The second-order valence-corrected chi connectivity index (χ2v) is 3.88. The number of non-ortho nitro benzene ring substituents is 1. The lowest BCUT2D eigenvalue weighted by Gasteiger charge is -2.21. The molecule has 0 bridgehead atoms. The molecule has 9 nitrogen and oxygen atoms in total. The highest BCUT2D eigenvalue weighted by atomic mass is 16.6. The zero-order chi connectivity index (χ0) is 15.3. The molecule has 1 aromatic rings. The van der Waals surface area contributed by atoms with Crippen LogP contribution in [-0.4, -0.2) is 34.1 Å². The van der Waals surface area contributed by atoms with Crippen LogP contribution >= 0.6 is 0 Å². The molecule has 0 amide bonds. The van der Waals surface area contributed by atoms with Gasteiger partial charge in [0.1, 0.15) is 0 Å². The fourth-order valence-electron chi connectivity index (χ4n) is 1.57. The molecule has 0 aliphatic heterocycles. The number of carbonyl (C=O) groups excluding carboxylic acids is 1. The van der Waals surface area contributed by atoms with Crippen molar-refractivity contribution in [3.05, 3.63) is 50.1 Å². The quantitative estimate of drug-likeness (QED) is 0.460. The molecule has 1 rings (SSSR count). The Hall–Kier alpha value is -2.55. The van der Waals surface area contributed by atoms with Crippen molar-refractivity contribution in [2.24, 2.45) is 0 Å². The highest BCUT2D eigenvalue weighted by Gasteiger charge is 2.45. The Balaban J connectivity index is 3.19. The largest absolute Gasteiger partial charge is 0.463 e. The molecule has 0 aromatic heterocycles. The number of carbonyl (C=O) groups is 1. The van der Waals surface area contributed by atoms with E-state index in [1.807, 2.05) is 0 Å². The van der Waals surface area contributed by atoms with Crippen LogP contribution in [0.25, 0.3) is 0 Å². The number of nitro benzene ring substituents is 1. The molecule has 0 radical (unpaired) electrons. The van der Waals surface area contributed by atoms with Crippen LogP contribution in [0.4, 0.5) is 5.69 Å². The fraction of sp³-hybridized carbons (Fsp3) is 0.364. The Morgan fingerprint density at radius 3 is 2.25 bits per heavy atom. The predicted molar refractivity (Wildman–Crippen MR) is 65.5 cm³/mol. The van der Waals surface area contributed by atoms with Crippen LogP contribution < -0.4 is 0 Å². The lowest BCUT2D eigenvalue weighted by molar-refractivity contribution is -0.499. The first-order valence-electron chi connectivity index (χ1n) is 5.57. The molecular weight excluding hydrogens is 272 g/mol. The van der Waals surface area contributed by atoms with Crippen LogP contribution in [0.3, 0.4) is 0 Å². The summed E-state index contributed by atoms with van der Waals surface area (Å²) < 4.78 is 4.61. The number of benzene rings is 1. The molecule has 1 N–H and O–H groups in total. The SMILES string of the molecule is CCOC(=O)C(O)(C[N+](=O)[O-])c1ccc([N+](=O)[O-])cc1. The van der Waals surface area contributed by atoms with Crippen LogP contribution in [-0.2, 0) is 15.1 Å². The minimum absolute atomic E-state index is 0.0637. The number of rotatable bonds is 6. The van der Waals surface area contributed by atoms with Crippen LogP contribution in [0, 0.1) is 20.2 Å². The third-order valence-electron chi connectivity index (χ3n) is 2.53. The van der Waals surface area contributed by atoms with Gasteiger partial charge in [0.15, 0.2) is 0 Å². The summed E-state index contributed by atoms with van der Waals surface area (Å²) in [7, 11) is 0. The van der Waals surface area contributed by atoms with E-state index in [0.717, 1.165) is 24.3 Å². The molecule has 0 saturated carbocycles. The highest BCUT2D eigenvalue weighted by molar-refractivity contribution is 5.81. The van der Waals surface area contributed by atoms with Crippen molar-refractivity contribution in [3.8, 4) is 0 Å². The molecule has 1 unspecified atom stereocenters. The summed E-state index contributed by atoms with van der Waals surface area (Å²) in [6.07, 6.45) is 0. The van der Waals surface area contributed by atoms with Gasteiger partial charge in [-0.1, -0.05) is 0 Å². The summed E-state index contributed by atoms with van der Waals surface area (Å²) >= 11 is 0. The Bertz CT molecular complexity index is 528. The van der Waals surface area contributed by atoms with Gasteiger partial charge in [-0.3, -0.25) is 20.2 Å². The van der Waals surface area contributed by atoms with Crippen LogP contribution in [0.15, 0.2) is 24.3 Å². The smallest absolute Gasteiger partial charge is 0.349 e.